The van der Waals surface area contributed by atoms with E-state index in [1.54, 1.807) is 24.5 Å². The molecule has 0 saturated heterocycles. The average Bonchev–Trinajstić information content (AvgIpc) is 2.31. The Kier molecular flexibility index (Phi) is 3.50. The molecule has 0 unspecified atom stereocenters. The lowest BCUT2D eigenvalue weighted by molar-refractivity contribution is 0.413. The van der Waals surface area contributed by atoms with Crippen LogP contribution in [0.5, 0.6) is 11.8 Å². The molecule has 2 aromatic heterocycles. The Hall–Kier alpha value is -1.88. The summed E-state index contributed by atoms with van der Waals surface area (Å²) in [4.78, 5) is 8.13. The molecule has 0 spiro atoms. The molecule has 2 heterocycles. The summed E-state index contributed by atoms with van der Waals surface area (Å²) in [6.45, 7) is 1.90. The molecule has 82 valence electrons. The maximum absolute atomic E-state index is 5.55. The highest BCUT2D eigenvalue weighted by atomic mass is 28.3. The van der Waals surface area contributed by atoms with Crippen molar-refractivity contribution >= 4 is 9.28 Å². The topological polar surface area (TPSA) is 44.2 Å². The first-order valence-corrected chi connectivity index (χ1v) is 6.67. The van der Waals surface area contributed by atoms with Crippen LogP contribution < -0.4 is 8.85 Å². The van der Waals surface area contributed by atoms with E-state index in [1.165, 1.54) is 0 Å². The molecule has 5 heteroatoms. The van der Waals surface area contributed by atoms with Crippen molar-refractivity contribution in [3.63, 3.8) is 0 Å². The summed E-state index contributed by atoms with van der Waals surface area (Å²) in [7, 11) is -1.42. The number of hydrogen-bond donors (Lipinski definition) is 0. The van der Waals surface area contributed by atoms with Crippen LogP contribution in [0.3, 0.4) is 0 Å². The standard InChI is InChI=1S/C11H11N2O2Si/c1-16(14-10-6-2-4-8-12-10)15-11-7-3-5-9-13-11/h2-9H,1H3/q-1. The Morgan fingerprint density at radius 2 is 1.38 bits per heavy atom. The van der Waals surface area contributed by atoms with Crippen molar-refractivity contribution in [2.24, 2.45) is 0 Å². The van der Waals surface area contributed by atoms with Crippen LogP contribution in [0.15, 0.2) is 48.8 Å². The van der Waals surface area contributed by atoms with E-state index in [4.69, 9.17) is 8.85 Å². The fourth-order valence-electron chi connectivity index (χ4n) is 1.13. The van der Waals surface area contributed by atoms with Crippen LogP contribution >= 0.6 is 0 Å². The van der Waals surface area contributed by atoms with E-state index in [1.807, 2.05) is 30.8 Å². The molecule has 4 nitrogen and oxygen atoms in total. The molecule has 0 bridgehead atoms. The fraction of sp³-hybridized carbons (Fsp3) is 0.0909. The Morgan fingerprint density at radius 3 is 1.75 bits per heavy atom. The number of rotatable bonds is 4. The van der Waals surface area contributed by atoms with Gasteiger partial charge in [-0.15, -0.1) is 6.55 Å². The molecule has 0 N–H and O–H groups in total. The quantitative estimate of drug-likeness (QED) is 0.755. The third-order valence-corrected chi connectivity index (χ3v) is 2.77. The zero-order valence-electron chi connectivity index (χ0n) is 8.83. The number of aromatic nitrogens is 2. The monoisotopic (exact) mass is 231 g/mol. The lowest BCUT2D eigenvalue weighted by Gasteiger charge is -2.27. The smallest absolute Gasteiger partial charge is 0.179 e. The lowest BCUT2D eigenvalue weighted by Crippen LogP contribution is -2.26. The maximum atomic E-state index is 5.55. The van der Waals surface area contributed by atoms with E-state index in [9.17, 15) is 0 Å². The molecular formula is C11H11N2O2Si-. The van der Waals surface area contributed by atoms with Gasteiger partial charge in [0.25, 0.3) is 0 Å². The van der Waals surface area contributed by atoms with Gasteiger partial charge in [0.05, 0.1) is 0 Å². The Labute approximate surface area is 95.7 Å². The van der Waals surface area contributed by atoms with Crippen LogP contribution in [0.2, 0.25) is 6.55 Å². The largest absolute Gasteiger partial charge is 0.664 e. The molecule has 0 radical (unpaired) electrons. The molecular weight excluding hydrogens is 220 g/mol. The van der Waals surface area contributed by atoms with Crippen LogP contribution in [-0.4, -0.2) is 19.3 Å². The van der Waals surface area contributed by atoms with Crippen LogP contribution in [0.25, 0.3) is 0 Å². The summed E-state index contributed by atoms with van der Waals surface area (Å²) >= 11 is 0. The predicted molar refractivity (Wildman–Crippen MR) is 61.3 cm³/mol. The summed E-state index contributed by atoms with van der Waals surface area (Å²) in [5, 5.41) is 0. The second kappa shape index (κ2) is 5.27. The van der Waals surface area contributed by atoms with Gasteiger partial charge in [-0.2, -0.15) is 0 Å². The van der Waals surface area contributed by atoms with Gasteiger partial charge in [-0.3, -0.25) is 0 Å². The summed E-state index contributed by atoms with van der Waals surface area (Å²) < 4.78 is 11.1. The molecule has 0 amide bonds. The van der Waals surface area contributed by atoms with Crippen molar-refractivity contribution in [3.05, 3.63) is 48.8 Å². The Balaban J connectivity index is 1.92. The van der Waals surface area contributed by atoms with Gasteiger partial charge in [-0.1, -0.05) is 12.1 Å². The minimum Gasteiger partial charge on any atom is -0.664 e. The zero-order valence-corrected chi connectivity index (χ0v) is 9.83. The molecule has 2 aromatic rings. The summed E-state index contributed by atoms with van der Waals surface area (Å²) in [5.74, 6) is 1.16. The van der Waals surface area contributed by atoms with E-state index in [2.05, 4.69) is 9.97 Å². The lowest BCUT2D eigenvalue weighted by atomic mass is 10.5. The molecule has 0 aromatic carbocycles. The minimum atomic E-state index is -1.42. The molecule has 2 rings (SSSR count). The summed E-state index contributed by atoms with van der Waals surface area (Å²) in [6.07, 6.45) is 3.37. The van der Waals surface area contributed by atoms with Crippen LogP contribution in [0.4, 0.5) is 0 Å². The van der Waals surface area contributed by atoms with E-state index < -0.39 is 9.28 Å². The average molecular weight is 231 g/mol. The first-order chi connectivity index (χ1) is 7.84. The van der Waals surface area contributed by atoms with Gasteiger partial charge in [0.2, 0.25) is 0 Å². The van der Waals surface area contributed by atoms with E-state index in [0.29, 0.717) is 11.8 Å². The number of nitrogens with zero attached hydrogens (tertiary/aromatic N) is 2. The highest BCUT2D eigenvalue weighted by Crippen LogP contribution is 2.09. The number of hydrogen-bond acceptors (Lipinski definition) is 4. The SMILES string of the molecule is C[Si-](Oc1ccccn1)Oc1ccccn1. The minimum absolute atomic E-state index is 0.579. The van der Waals surface area contributed by atoms with Crippen molar-refractivity contribution in [3.8, 4) is 11.8 Å². The first kappa shape index (κ1) is 10.6. The van der Waals surface area contributed by atoms with Gasteiger partial charge in [-0.25, -0.2) is 9.97 Å². The molecule has 0 saturated carbocycles. The van der Waals surface area contributed by atoms with E-state index in [-0.39, 0.29) is 0 Å². The second-order valence-corrected chi connectivity index (χ2v) is 4.42. The van der Waals surface area contributed by atoms with Gasteiger partial charge in [0, 0.05) is 12.4 Å². The van der Waals surface area contributed by atoms with Crippen LogP contribution in [0.1, 0.15) is 0 Å². The third kappa shape index (κ3) is 3.06. The molecule has 0 aliphatic rings. The molecule has 16 heavy (non-hydrogen) atoms. The molecule has 0 fully saturated rings. The molecule has 0 aliphatic carbocycles. The maximum Gasteiger partial charge on any atom is 0.179 e. The van der Waals surface area contributed by atoms with Crippen molar-refractivity contribution in [1.82, 2.24) is 9.97 Å². The fourth-order valence-corrected chi connectivity index (χ4v) is 2.00. The van der Waals surface area contributed by atoms with Crippen LogP contribution in [0, 0.1) is 0 Å². The Bertz CT molecular complexity index is 383. The van der Waals surface area contributed by atoms with Gasteiger partial charge in [-0.05, 0) is 24.3 Å². The van der Waals surface area contributed by atoms with Crippen molar-refractivity contribution in [1.29, 1.82) is 0 Å². The first-order valence-electron chi connectivity index (χ1n) is 4.86. The van der Waals surface area contributed by atoms with Crippen molar-refractivity contribution in [2.75, 3.05) is 0 Å². The molecule has 0 atom stereocenters. The molecule has 0 aliphatic heterocycles. The van der Waals surface area contributed by atoms with Crippen LogP contribution in [-0.2, 0) is 0 Å². The highest BCUT2D eigenvalue weighted by molar-refractivity contribution is 6.44. The Morgan fingerprint density at radius 1 is 0.875 bits per heavy atom. The summed E-state index contributed by atoms with van der Waals surface area (Å²) in [6, 6.07) is 11.0. The van der Waals surface area contributed by atoms with E-state index >= 15 is 0 Å². The van der Waals surface area contributed by atoms with Gasteiger partial charge >= 0.3 is 0 Å². The van der Waals surface area contributed by atoms with Crippen molar-refractivity contribution in [2.45, 2.75) is 6.55 Å². The zero-order chi connectivity index (χ0) is 11.2. The summed E-state index contributed by atoms with van der Waals surface area (Å²) in [5.41, 5.74) is 0. The van der Waals surface area contributed by atoms with E-state index in [0.717, 1.165) is 0 Å². The van der Waals surface area contributed by atoms with Crippen molar-refractivity contribution < 1.29 is 8.85 Å². The third-order valence-electron chi connectivity index (χ3n) is 1.77. The predicted octanol–water partition coefficient (Wildman–Crippen LogP) is 2.05. The van der Waals surface area contributed by atoms with Gasteiger partial charge in [0.1, 0.15) is 0 Å². The van der Waals surface area contributed by atoms with Gasteiger partial charge in [0.15, 0.2) is 21.0 Å². The normalized spacial score (nSPS) is 10.1. The highest BCUT2D eigenvalue weighted by Gasteiger charge is 1.97. The number of pyridine rings is 2. The van der Waals surface area contributed by atoms with Gasteiger partial charge < -0.3 is 8.85 Å². The second-order valence-electron chi connectivity index (χ2n) is 3.03.